The maximum Gasteiger partial charge on any atom is 0.313 e. The number of ether oxygens (including phenoxy) is 2. The molecule has 1 aliphatic heterocycles. The normalized spacial score (nSPS) is 14.7. The summed E-state index contributed by atoms with van der Waals surface area (Å²) in [4.78, 5) is 31.1. The Morgan fingerprint density at radius 2 is 1.83 bits per heavy atom. The summed E-state index contributed by atoms with van der Waals surface area (Å²) in [7, 11) is 3.05. The molecule has 2 N–H and O–H groups in total. The molecule has 0 radical (unpaired) electrons. The Balaban J connectivity index is 1.41. The quantitative estimate of drug-likeness (QED) is 0.677. The minimum absolute atomic E-state index is 0.364. The lowest BCUT2D eigenvalue weighted by atomic mass is 9.96. The number of pyridine rings is 1. The van der Waals surface area contributed by atoms with Crippen LogP contribution in [-0.2, 0) is 16.1 Å². The van der Waals surface area contributed by atoms with Crippen LogP contribution in [0.1, 0.15) is 18.5 Å². The van der Waals surface area contributed by atoms with Crippen molar-refractivity contribution in [2.24, 2.45) is 5.92 Å². The number of hydrogen-bond donors (Lipinski definition) is 2. The minimum Gasteiger partial charge on any atom is -0.493 e. The number of likely N-dealkylation sites (tertiary alicyclic amines) is 1. The first-order valence-electron chi connectivity index (χ1n) is 10.0. The van der Waals surface area contributed by atoms with E-state index in [1.54, 1.807) is 18.2 Å². The van der Waals surface area contributed by atoms with Crippen molar-refractivity contribution in [2.75, 3.05) is 39.2 Å². The molecule has 0 atom stereocenters. The summed E-state index contributed by atoms with van der Waals surface area (Å²) >= 11 is 0. The van der Waals surface area contributed by atoms with E-state index >= 15 is 0 Å². The topological polar surface area (TPSA) is 92.8 Å². The zero-order valence-corrected chi connectivity index (χ0v) is 17.4. The van der Waals surface area contributed by atoms with Crippen molar-refractivity contribution in [3.63, 3.8) is 0 Å². The maximum atomic E-state index is 12.2. The van der Waals surface area contributed by atoms with Gasteiger partial charge in [-0.1, -0.05) is 6.07 Å². The number of piperidine rings is 1. The Morgan fingerprint density at radius 3 is 2.50 bits per heavy atom. The molecule has 0 unspecified atom stereocenters. The molecule has 0 aliphatic carbocycles. The van der Waals surface area contributed by atoms with Crippen LogP contribution in [0.5, 0.6) is 11.5 Å². The number of aromatic nitrogens is 1. The van der Waals surface area contributed by atoms with Crippen LogP contribution in [0, 0.1) is 5.92 Å². The number of carbonyl (C=O) groups is 2. The molecular formula is C22H28N4O4. The second kappa shape index (κ2) is 10.6. The van der Waals surface area contributed by atoms with Gasteiger partial charge in [0.1, 0.15) is 0 Å². The monoisotopic (exact) mass is 412 g/mol. The molecule has 0 bridgehead atoms. The van der Waals surface area contributed by atoms with Crippen LogP contribution in [0.4, 0.5) is 5.69 Å². The first-order chi connectivity index (χ1) is 14.6. The number of nitrogens with zero attached hydrogens (tertiary/aromatic N) is 2. The molecule has 0 saturated carbocycles. The molecule has 3 rings (SSSR count). The van der Waals surface area contributed by atoms with Gasteiger partial charge in [0.15, 0.2) is 11.5 Å². The summed E-state index contributed by atoms with van der Waals surface area (Å²) < 4.78 is 10.4. The van der Waals surface area contributed by atoms with E-state index in [9.17, 15) is 9.59 Å². The highest BCUT2D eigenvalue weighted by atomic mass is 16.5. The molecule has 1 aliphatic rings. The lowest BCUT2D eigenvalue weighted by Crippen LogP contribution is -2.41. The van der Waals surface area contributed by atoms with E-state index in [4.69, 9.17) is 9.47 Å². The first-order valence-corrected chi connectivity index (χ1v) is 10.0. The Labute approximate surface area is 176 Å². The number of hydrogen-bond acceptors (Lipinski definition) is 6. The zero-order valence-electron chi connectivity index (χ0n) is 17.4. The summed E-state index contributed by atoms with van der Waals surface area (Å²) in [6, 6.07) is 10.9. The Bertz CT molecular complexity index is 851. The third kappa shape index (κ3) is 5.93. The number of benzene rings is 1. The lowest BCUT2D eigenvalue weighted by molar-refractivity contribution is -0.136. The molecule has 1 aromatic carbocycles. The standard InChI is InChI=1S/C22H28N4O4/c1-29-19-7-6-17(13-20(19)30-2)25-22(28)21(27)24-14-16-8-11-26(12-9-16)15-18-5-3-4-10-23-18/h3-7,10,13,16H,8-9,11-12,14-15H2,1-2H3,(H,24,27)(H,25,28). The molecule has 1 saturated heterocycles. The van der Waals surface area contributed by atoms with Gasteiger partial charge < -0.3 is 20.1 Å². The molecule has 8 nitrogen and oxygen atoms in total. The predicted molar refractivity (Wildman–Crippen MR) is 113 cm³/mol. The molecule has 1 aromatic heterocycles. The van der Waals surface area contributed by atoms with Gasteiger partial charge in [-0.2, -0.15) is 0 Å². The summed E-state index contributed by atoms with van der Waals surface area (Å²) in [5.74, 6) is 0.0563. The SMILES string of the molecule is COc1ccc(NC(=O)C(=O)NCC2CCN(Cc3ccccn3)CC2)cc1OC. The van der Waals surface area contributed by atoms with Crippen molar-refractivity contribution >= 4 is 17.5 Å². The second-order valence-corrected chi connectivity index (χ2v) is 7.27. The van der Waals surface area contributed by atoms with Crippen LogP contribution < -0.4 is 20.1 Å². The molecule has 2 amide bonds. The lowest BCUT2D eigenvalue weighted by Gasteiger charge is -2.31. The molecule has 0 spiro atoms. The molecule has 2 aromatic rings. The van der Waals surface area contributed by atoms with Gasteiger partial charge in [0, 0.05) is 31.0 Å². The van der Waals surface area contributed by atoms with Crippen molar-refractivity contribution in [3.05, 3.63) is 48.3 Å². The fourth-order valence-corrected chi connectivity index (χ4v) is 3.49. The van der Waals surface area contributed by atoms with Crippen molar-refractivity contribution < 1.29 is 19.1 Å². The summed E-state index contributed by atoms with van der Waals surface area (Å²) in [6.45, 7) is 3.24. The van der Waals surface area contributed by atoms with Crippen LogP contribution in [-0.4, -0.2) is 55.6 Å². The van der Waals surface area contributed by atoms with E-state index in [0.717, 1.165) is 38.2 Å². The number of carbonyl (C=O) groups excluding carboxylic acids is 2. The molecule has 8 heteroatoms. The van der Waals surface area contributed by atoms with E-state index in [0.29, 0.717) is 29.6 Å². The van der Waals surface area contributed by atoms with Crippen molar-refractivity contribution in [1.29, 1.82) is 0 Å². The largest absolute Gasteiger partial charge is 0.493 e. The number of nitrogens with one attached hydrogen (secondary N) is 2. The molecule has 160 valence electrons. The van der Waals surface area contributed by atoms with E-state index in [1.165, 1.54) is 14.2 Å². The van der Waals surface area contributed by atoms with E-state index in [-0.39, 0.29) is 0 Å². The average Bonchev–Trinajstić information content (AvgIpc) is 2.79. The van der Waals surface area contributed by atoms with Crippen molar-refractivity contribution in [2.45, 2.75) is 19.4 Å². The van der Waals surface area contributed by atoms with Gasteiger partial charge in [-0.15, -0.1) is 0 Å². The predicted octanol–water partition coefficient (Wildman–Crippen LogP) is 2.07. The van der Waals surface area contributed by atoms with Gasteiger partial charge in [-0.25, -0.2) is 0 Å². The van der Waals surface area contributed by atoms with Crippen LogP contribution in [0.15, 0.2) is 42.6 Å². The van der Waals surface area contributed by atoms with Gasteiger partial charge in [-0.05, 0) is 56.1 Å². The highest BCUT2D eigenvalue weighted by Gasteiger charge is 2.22. The third-order valence-electron chi connectivity index (χ3n) is 5.22. The van der Waals surface area contributed by atoms with Crippen LogP contribution in [0.25, 0.3) is 0 Å². The summed E-state index contributed by atoms with van der Waals surface area (Å²) in [6.07, 6.45) is 3.76. The number of methoxy groups -OCH3 is 2. The zero-order chi connectivity index (χ0) is 21.3. The number of anilines is 1. The summed E-state index contributed by atoms with van der Waals surface area (Å²) in [5.41, 5.74) is 1.53. The van der Waals surface area contributed by atoms with E-state index < -0.39 is 11.8 Å². The highest BCUT2D eigenvalue weighted by molar-refractivity contribution is 6.39. The van der Waals surface area contributed by atoms with Crippen molar-refractivity contribution in [3.8, 4) is 11.5 Å². The van der Waals surface area contributed by atoms with Crippen LogP contribution in [0.2, 0.25) is 0 Å². The molecule has 2 heterocycles. The second-order valence-electron chi connectivity index (χ2n) is 7.27. The minimum atomic E-state index is -0.699. The molecular weight excluding hydrogens is 384 g/mol. The van der Waals surface area contributed by atoms with Gasteiger partial charge in [0.25, 0.3) is 0 Å². The molecule has 1 fully saturated rings. The Kier molecular flexibility index (Phi) is 7.62. The fraction of sp³-hybridized carbons (Fsp3) is 0.409. The number of amides is 2. The highest BCUT2D eigenvalue weighted by Crippen LogP contribution is 2.29. The maximum absolute atomic E-state index is 12.2. The van der Waals surface area contributed by atoms with Crippen molar-refractivity contribution in [1.82, 2.24) is 15.2 Å². The fourth-order valence-electron chi connectivity index (χ4n) is 3.49. The van der Waals surface area contributed by atoms with Crippen LogP contribution >= 0.6 is 0 Å². The molecule has 30 heavy (non-hydrogen) atoms. The van der Waals surface area contributed by atoms with E-state index in [1.807, 2.05) is 24.4 Å². The van der Waals surface area contributed by atoms with Gasteiger partial charge in [-0.3, -0.25) is 19.5 Å². The van der Waals surface area contributed by atoms with Crippen LogP contribution in [0.3, 0.4) is 0 Å². The van der Waals surface area contributed by atoms with Gasteiger partial charge >= 0.3 is 11.8 Å². The van der Waals surface area contributed by atoms with Gasteiger partial charge in [0.05, 0.1) is 19.9 Å². The van der Waals surface area contributed by atoms with E-state index in [2.05, 4.69) is 20.5 Å². The van der Waals surface area contributed by atoms with Gasteiger partial charge in [0.2, 0.25) is 0 Å². The Hall–Kier alpha value is -3.13. The number of rotatable bonds is 7. The smallest absolute Gasteiger partial charge is 0.313 e. The first kappa shape index (κ1) is 21.6. The average molecular weight is 412 g/mol. The Morgan fingerprint density at radius 1 is 1.07 bits per heavy atom. The summed E-state index contributed by atoms with van der Waals surface area (Å²) in [5, 5.41) is 5.34. The third-order valence-corrected chi connectivity index (χ3v) is 5.22.